The van der Waals surface area contributed by atoms with Crippen molar-refractivity contribution in [2.45, 2.75) is 13.8 Å². The second kappa shape index (κ2) is 3.68. The van der Waals surface area contributed by atoms with E-state index in [9.17, 15) is 0 Å². The monoisotopic (exact) mass is 205 g/mol. The third kappa shape index (κ3) is 1.81. The number of rotatable bonds is 2. The molecule has 2 rings (SSSR count). The summed E-state index contributed by atoms with van der Waals surface area (Å²) in [6.45, 7) is 3.65. The van der Waals surface area contributed by atoms with E-state index in [4.69, 9.17) is 9.26 Å². The molecule has 2 heterocycles. The van der Waals surface area contributed by atoms with E-state index in [0.717, 1.165) is 11.3 Å². The van der Waals surface area contributed by atoms with Crippen LogP contribution in [0.3, 0.4) is 0 Å². The van der Waals surface area contributed by atoms with Crippen LogP contribution in [-0.4, -0.2) is 22.2 Å². The van der Waals surface area contributed by atoms with Crippen LogP contribution in [0, 0.1) is 13.8 Å². The minimum Gasteiger partial charge on any atom is -0.495 e. The molecule has 0 aliphatic rings. The highest BCUT2D eigenvalue weighted by molar-refractivity contribution is 5.54. The maximum Gasteiger partial charge on any atom is 0.259 e. The molecule has 0 bridgehead atoms. The highest BCUT2D eigenvalue weighted by Gasteiger charge is 2.09. The van der Waals surface area contributed by atoms with Gasteiger partial charge in [0.05, 0.1) is 18.4 Å². The van der Waals surface area contributed by atoms with Gasteiger partial charge in [-0.1, -0.05) is 5.16 Å². The molecule has 0 spiro atoms. The zero-order valence-corrected chi connectivity index (χ0v) is 8.81. The lowest BCUT2D eigenvalue weighted by Crippen LogP contribution is -1.91. The molecule has 0 aliphatic heterocycles. The molecule has 0 amide bonds. The van der Waals surface area contributed by atoms with Crippen LogP contribution < -0.4 is 4.74 Å². The van der Waals surface area contributed by atoms with Crippen LogP contribution in [0.5, 0.6) is 5.75 Å². The third-order valence-electron chi connectivity index (χ3n) is 2.03. The molecular formula is C10H11N3O2. The Morgan fingerprint density at radius 2 is 2.13 bits per heavy atom. The van der Waals surface area contributed by atoms with Crippen LogP contribution >= 0.6 is 0 Å². The van der Waals surface area contributed by atoms with Crippen molar-refractivity contribution < 1.29 is 9.26 Å². The molecular weight excluding hydrogens is 194 g/mol. The summed E-state index contributed by atoms with van der Waals surface area (Å²) in [6, 6.07) is 1.83. The maximum atomic E-state index is 5.16. The molecule has 0 fully saturated rings. The van der Waals surface area contributed by atoms with Gasteiger partial charge in [0.25, 0.3) is 5.89 Å². The van der Waals surface area contributed by atoms with E-state index in [2.05, 4.69) is 15.1 Å². The van der Waals surface area contributed by atoms with Gasteiger partial charge in [-0.25, -0.2) is 0 Å². The Labute approximate surface area is 87.1 Å². The summed E-state index contributed by atoms with van der Waals surface area (Å²) in [5.74, 6) is 1.77. The first-order valence-corrected chi connectivity index (χ1v) is 4.52. The molecule has 0 aromatic carbocycles. The average molecular weight is 205 g/mol. The van der Waals surface area contributed by atoms with Gasteiger partial charge in [-0.05, 0) is 19.9 Å². The molecule has 0 aliphatic carbocycles. The van der Waals surface area contributed by atoms with E-state index >= 15 is 0 Å². The van der Waals surface area contributed by atoms with E-state index < -0.39 is 0 Å². The summed E-state index contributed by atoms with van der Waals surface area (Å²) in [7, 11) is 1.60. The van der Waals surface area contributed by atoms with Crippen molar-refractivity contribution in [3.8, 4) is 17.2 Å². The first-order chi connectivity index (χ1) is 7.20. The van der Waals surface area contributed by atoms with E-state index in [1.165, 1.54) is 0 Å². The average Bonchev–Trinajstić information content (AvgIpc) is 2.66. The molecule has 0 saturated carbocycles. The summed E-state index contributed by atoms with van der Waals surface area (Å²) in [4.78, 5) is 8.30. The molecule has 0 unspecified atom stereocenters. The second-order valence-electron chi connectivity index (χ2n) is 3.16. The smallest absolute Gasteiger partial charge is 0.259 e. The summed E-state index contributed by atoms with van der Waals surface area (Å²) >= 11 is 0. The van der Waals surface area contributed by atoms with Gasteiger partial charge in [0, 0.05) is 6.20 Å². The molecule has 2 aromatic heterocycles. The van der Waals surface area contributed by atoms with Crippen molar-refractivity contribution in [1.29, 1.82) is 0 Å². The van der Waals surface area contributed by atoms with Crippen LogP contribution in [0.25, 0.3) is 11.5 Å². The van der Waals surface area contributed by atoms with Gasteiger partial charge in [-0.3, -0.25) is 4.98 Å². The fourth-order valence-corrected chi connectivity index (χ4v) is 1.25. The number of nitrogens with zero attached hydrogens (tertiary/aromatic N) is 3. The molecule has 5 nitrogen and oxygen atoms in total. The molecule has 2 aromatic rings. The van der Waals surface area contributed by atoms with Gasteiger partial charge in [-0.2, -0.15) is 4.98 Å². The lowest BCUT2D eigenvalue weighted by atomic mass is 10.2. The highest BCUT2D eigenvalue weighted by Crippen LogP contribution is 2.23. The number of hydrogen-bond acceptors (Lipinski definition) is 5. The molecule has 78 valence electrons. The lowest BCUT2D eigenvalue weighted by Gasteiger charge is -2.03. The minimum absolute atomic E-state index is 0.457. The van der Waals surface area contributed by atoms with Crippen LogP contribution in [0.15, 0.2) is 16.8 Å². The lowest BCUT2D eigenvalue weighted by molar-refractivity contribution is 0.407. The summed E-state index contributed by atoms with van der Waals surface area (Å²) in [6.07, 6.45) is 1.69. The van der Waals surface area contributed by atoms with Crippen molar-refractivity contribution in [2.75, 3.05) is 7.11 Å². The van der Waals surface area contributed by atoms with E-state index in [-0.39, 0.29) is 0 Å². The predicted molar refractivity (Wildman–Crippen MR) is 53.6 cm³/mol. The Bertz CT molecular complexity index is 479. The molecule has 0 saturated heterocycles. The van der Waals surface area contributed by atoms with Gasteiger partial charge in [-0.15, -0.1) is 0 Å². The maximum absolute atomic E-state index is 5.16. The number of hydrogen-bond donors (Lipinski definition) is 0. The Hall–Kier alpha value is -1.91. The summed E-state index contributed by atoms with van der Waals surface area (Å²) in [5, 5.41) is 3.72. The van der Waals surface area contributed by atoms with E-state index in [1.54, 1.807) is 20.2 Å². The Kier molecular flexibility index (Phi) is 2.37. The number of methoxy groups -OCH3 is 1. The Morgan fingerprint density at radius 1 is 1.33 bits per heavy atom. The summed E-state index contributed by atoms with van der Waals surface area (Å²) < 4.78 is 10.2. The number of pyridine rings is 1. The third-order valence-corrected chi connectivity index (χ3v) is 2.03. The van der Waals surface area contributed by atoms with Crippen molar-refractivity contribution in [1.82, 2.24) is 15.1 Å². The van der Waals surface area contributed by atoms with Crippen LogP contribution in [0.4, 0.5) is 0 Å². The zero-order valence-electron chi connectivity index (χ0n) is 8.81. The van der Waals surface area contributed by atoms with Crippen LogP contribution in [-0.2, 0) is 0 Å². The molecule has 0 radical (unpaired) electrons. The van der Waals surface area contributed by atoms with Crippen LogP contribution in [0.1, 0.15) is 11.5 Å². The second-order valence-corrected chi connectivity index (χ2v) is 3.16. The number of aryl methyl sites for hydroxylation is 2. The minimum atomic E-state index is 0.457. The van der Waals surface area contributed by atoms with E-state index in [0.29, 0.717) is 17.5 Å². The molecule has 0 N–H and O–H groups in total. The Morgan fingerprint density at radius 3 is 2.73 bits per heavy atom. The van der Waals surface area contributed by atoms with Gasteiger partial charge < -0.3 is 9.26 Å². The largest absolute Gasteiger partial charge is 0.495 e. The SMILES string of the molecule is COc1cc(-c2nc(C)no2)cnc1C. The van der Waals surface area contributed by atoms with Gasteiger partial charge in [0.1, 0.15) is 5.75 Å². The normalized spacial score (nSPS) is 10.3. The standard InChI is InChI=1S/C10H11N3O2/c1-6-9(14-3)4-8(5-11-6)10-12-7(2)13-15-10/h4-5H,1-3H3. The fourth-order valence-electron chi connectivity index (χ4n) is 1.25. The van der Waals surface area contributed by atoms with Gasteiger partial charge in [0.2, 0.25) is 0 Å². The summed E-state index contributed by atoms with van der Waals surface area (Å²) in [5.41, 5.74) is 1.59. The van der Waals surface area contributed by atoms with Gasteiger partial charge in [0.15, 0.2) is 5.82 Å². The number of ether oxygens (including phenoxy) is 1. The zero-order chi connectivity index (χ0) is 10.8. The quantitative estimate of drug-likeness (QED) is 0.747. The van der Waals surface area contributed by atoms with Crippen LogP contribution in [0.2, 0.25) is 0 Å². The van der Waals surface area contributed by atoms with Crippen molar-refractivity contribution in [3.05, 3.63) is 23.8 Å². The highest BCUT2D eigenvalue weighted by atomic mass is 16.5. The van der Waals surface area contributed by atoms with Crippen molar-refractivity contribution >= 4 is 0 Å². The van der Waals surface area contributed by atoms with Crippen molar-refractivity contribution in [3.63, 3.8) is 0 Å². The van der Waals surface area contributed by atoms with E-state index in [1.807, 2.05) is 13.0 Å². The Balaban J connectivity index is 2.45. The fraction of sp³-hybridized carbons (Fsp3) is 0.300. The number of aromatic nitrogens is 3. The van der Waals surface area contributed by atoms with Gasteiger partial charge >= 0.3 is 0 Å². The topological polar surface area (TPSA) is 61.0 Å². The molecule has 5 heteroatoms. The molecule has 15 heavy (non-hydrogen) atoms. The first kappa shape index (κ1) is 9.64. The van der Waals surface area contributed by atoms with Crippen molar-refractivity contribution in [2.24, 2.45) is 0 Å². The first-order valence-electron chi connectivity index (χ1n) is 4.52. The predicted octanol–water partition coefficient (Wildman–Crippen LogP) is 1.76. The molecule has 0 atom stereocenters.